The highest BCUT2D eigenvalue weighted by atomic mass is 16.9. The molecule has 3 aromatic rings. The van der Waals surface area contributed by atoms with Gasteiger partial charge in [-0.3, -0.25) is 9.59 Å². The average Bonchev–Trinajstić information content (AvgIpc) is 3.08. The minimum absolute atomic E-state index is 0.0936. The number of rotatable bonds is 16. The van der Waals surface area contributed by atoms with Gasteiger partial charge in [0.2, 0.25) is 5.91 Å². The highest BCUT2D eigenvalue weighted by molar-refractivity contribution is 6.03. The average molecular weight is 681 g/mol. The highest BCUT2D eigenvalue weighted by Gasteiger charge is 2.22. The predicted molar refractivity (Wildman–Crippen MR) is 182 cm³/mol. The summed E-state index contributed by atoms with van der Waals surface area (Å²) in [5.74, 6) is 6.62. The van der Waals surface area contributed by atoms with Gasteiger partial charge in [0, 0.05) is 24.6 Å². The summed E-state index contributed by atoms with van der Waals surface area (Å²) in [4.78, 5) is 50.2. The molecule has 0 fully saturated rings. The van der Waals surface area contributed by atoms with Crippen LogP contribution in [0.15, 0.2) is 77.9 Å². The van der Waals surface area contributed by atoms with E-state index >= 15 is 0 Å². The first-order chi connectivity index (χ1) is 23.4. The molecule has 0 spiro atoms. The number of carbonyl (C=O) groups excluding carboxylic acids is 2. The van der Waals surface area contributed by atoms with Crippen molar-refractivity contribution in [2.24, 2.45) is 22.6 Å². The van der Waals surface area contributed by atoms with E-state index in [1.165, 1.54) is 12.1 Å². The quantitative estimate of drug-likeness (QED) is 0.0202. The minimum Gasteiger partial charge on any atom is -0.483 e. The van der Waals surface area contributed by atoms with E-state index in [4.69, 9.17) is 31.0 Å². The molecule has 3 aromatic carbocycles. The summed E-state index contributed by atoms with van der Waals surface area (Å²) in [5.41, 5.74) is 10.1. The van der Waals surface area contributed by atoms with Crippen molar-refractivity contribution in [3.8, 4) is 16.9 Å². The van der Waals surface area contributed by atoms with Crippen LogP contribution in [0, 0.1) is 16.0 Å². The Balaban J connectivity index is 0.00000267. The Labute approximate surface area is 285 Å². The number of hydrogen-bond donors (Lipinski definition) is 3. The monoisotopic (exact) mass is 680 g/mol. The molecule has 0 radical (unpaired) electrons. The molecule has 15 heteroatoms. The van der Waals surface area contributed by atoms with Gasteiger partial charge in [-0.2, -0.15) is 5.12 Å². The first-order valence-corrected chi connectivity index (χ1v) is 15.5. The summed E-state index contributed by atoms with van der Waals surface area (Å²) in [6.07, 6.45) is 1.32. The van der Waals surface area contributed by atoms with Crippen molar-refractivity contribution in [1.82, 2.24) is 10.0 Å². The maximum Gasteiger partial charge on any atom is 0.515 e. The Kier molecular flexibility index (Phi) is 16.5. The molecular weight excluding hydrogens is 636 g/mol. The summed E-state index contributed by atoms with van der Waals surface area (Å²) in [7, 11) is 0. The van der Waals surface area contributed by atoms with Gasteiger partial charge in [0.1, 0.15) is 12.4 Å². The van der Waals surface area contributed by atoms with Crippen LogP contribution in [-0.4, -0.2) is 57.4 Å². The maximum absolute atomic E-state index is 13.0. The summed E-state index contributed by atoms with van der Waals surface area (Å²) in [6, 6.07) is 21.5. The lowest BCUT2D eigenvalue weighted by atomic mass is 9.97. The highest BCUT2D eigenvalue weighted by Crippen LogP contribution is 2.25. The van der Waals surface area contributed by atoms with Crippen molar-refractivity contribution in [3.05, 3.63) is 99.6 Å². The zero-order valence-electron chi connectivity index (χ0n) is 28.1. The van der Waals surface area contributed by atoms with E-state index in [0.29, 0.717) is 30.0 Å². The van der Waals surface area contributed by atoms with Gasteiger partial charge in [0.25, 0.3) is 11.6 Å². The fraction of sp³-hybridized carbons (Fsp3) is 0.353. The summed E-state index contributed by atoms with van der Waals surface area (Å²) < 4.78 is 10.1. The number of unbranched alkanes of at least 4 members (excludes halogenated alkanes) is 1. The second-order valence-electron chi connectivity index (χ2n) is 11.2. The smallest absolute Gasteiger partial charge is 0.483 e. The van der Waals surface area contributed by atoms with Crippen molar-refractivity contribution in [1.29, 1.82) is 0 Å². The van der Waals surface area contributed by atoms with E-state index < -0.39 is 18.0 Å². The second kappa shape index (κ2) is 20.5. The fourth-order valence-corrected chi connectivity index (χ4v) is 4.53. The lowest BCUT2D eigenvalue weighted by Gasteiger charge is -2.32. The van der Waals surface area contributed by atoms with Gasteiger partial charge in [-0.15, -0.1) is 15.2 Å². The molecule has 0 aliphatic rings. The molecule has 1 unspecified atom stereocenters. The normalized spacial score (nSPS) is 11.4. The Morgan fingerprint density at radius 2 is 1.71 bits per heavy atom. The molecule has 0 saturated carbocycles. The fourth-order valence-electron chi connectivity index (χ4n) is 4.53. The number of carboxylic acid groups (broad SMARTS) is 1. The number of carbonyl (C=O) groups is 3. The molecule has 1 atom stereocenters. The number of benzene rings is 3. The molecule has 0 aliphatic carbocycles. The van der Waals surface area contributed by atoms with E-state index in [0.717, 1.165) is 34.6 Å². The number of ether oxygens (including phenoxy) is 2. The zero-order chi connectivity index (χ0) is 36.3. The molecule has 0 aromatic heterocycles. The van der Waals surface area contributed by atoms with Crippen molar-refractivity contribution in [2.75, 3.05) is 6.73 Å². The third-order valence-electron chi connectivity index (χ3n) is 7.33. The first-order valence-electron chi connectivity index (χ1n) is 15.5. The molecule has 3 rings (SSSR count). The molecule has 49 heavy (non-hydrogen) atoms. The molecule has 0 heterocycles. The van der Waals surface area contributed by atoms with E-state index in [1.54, 1.807) is 18.2 Å². The van der Waals surface area contributed by atoms with Gasteiger partial charge in [-0.05, 0) is 53.6 Å². The summed E-state index contributed by atoms with van der Waals surface area (Å²) in [6.45, 7) is 7.93. The number of hydrazone groups is 1. The number of hydrazine groups is 1. The number of hydrogen-bond acceptors (Lipinski definition) is 11. The van der Waals surface area contributed by atoms with Crippen LogP contribution in [-0.2, 0) is 32.3 Å². The van der Waals surface area contributed by atoms with Crippen molar-refractivity contribution in [2.45, 2.75) is 66.2 Å². The van der Waals surface area contributed by atoms with Crippen LogP contribution in [0.3, 0.4) is 0 Å². The molecule has 0 aliphatic heterocycles. The molecule has 15 nitrogen and oxygen atoms in total. The SMILES string of the molecule is CCCCC(=O)N(Cc1ccc(-c2ccccc2/C(N)=N/N(N)COC(=O)Oc2cccc(CO[N+](=O)[O-])c2)cc1)C(C)C(C)C.O=CO. The topological polar surface area (TPSA) is 213 Å². The lowest BCUT2D eigenvalue weighted by molar-refractivity contribution is -0.763. The van der Waals surface area contributed by atoms with Gasteiger partial charge >= 0.3 is 6.16 Å². The van der Waals surface area contributed by atoms with Crippen molar-refractivity contribution >= 4 is 24.4 Å². The third kappa shape index (κ3) is 13.5. The van der Waals surface area contributed by atoms with Gasteiger partial charge < -0.3 is 30.1 Å². The van der Waals surface area contributed by atoms with Crippen molar-refractivity contribution < 1.29 is 38.9 Å². The Morgan fingerprint density at radius 1 is 1.04 bits per heavy atom. The van der Waals surface area contributed by atoms with Crippen LogP contribution in [0.25, 0.3) is 11.1 Å². The van der Waals surface area contributed by atoms with E-state index in [-0.39, 0.29) is 36.6 Å². The standard InChI is InChI=1S/C33H42N6O7.CH2O2/c1-5-6-14-31(40)37(24(4)23(2)3)20-25-15-17-27(18-16-25)29-12-7-8-13-30(29)32(34)36-38(35)22-44-33(41)46-28-11-9-10-26(19-28)21-45-39(42)43;2-1-3/h7-13,15-19,23-24H,5-6,14,20-22,35H2,1-4H3,(H2,34,36);1H,(H,2,3). The largest absolute Gasteiger partial charge is 0.515 e. The molecular formula is C34H44N6O9. The van der Waals surface area contributed by atoms with E-state index in [1.807, 2.05) is 47.4 Å². The van der Waals surface area contributed by atoms with E-state index in [9.17, 15) is 19.7 Å². The van der Waals surface area contributed by atoms with Gasteiger partial charge in [0.05, 0.1) is 0 Å². The maximum atomic E-state index is 13.0. The molecule has 264 valence electrons. The molecule has 1 amide bonds. The van der Waals surface area contributed by atoms with Crippen LogP contribution in [0.1, 0.15) is 63.6 Å². The van der Waals surface area contributed by atoms with Crippen LogP contribution in [0.4, 0.5) is 4.79 Å². The van der Waals surface area contributed by atoms with Crippen LogP contribution in [0.2, 0.25) is 0 Å². The van der Waals surface area contributed by atoms with Crippen molar-refractivity contribution in [3.63, 3.8) is 0 Å². The zero-order valence-corrected chi connectivity index (χ0v) is 28.1. The number of nitrogens with zero attached hydrogens (tertiary/aromatic N) is 4. The van der Waals surface area contributed by atoms with Crippen LogP contribution in [0.5, 0.6) is 5.75 Å². The number of amides is 1. The molecule has 0 saturated heterocycles. The lowest BCUT2D eigenvalue weighted by Crippen LogP contribution is -2.40. The van der Waals surface area contributed by atoms with E-state index in [2.05, 4.69) is 37.6 Å². The predicted octanol–water partition coefficient (Wildman–Crippen LogP) is 5.30. The Hall–Kier alpha value is -5.70. The van der Waals surface area contributed by atoms with Crippen LogP contribution >= 0.6 is 0 Å². The summed E-state index contributed by atoms with van der Waals surface area (Å²) >= 11 is 0. The number of nitrogens with two attached hydrogens (primary N) is 2. The molecule has 0 bridgehead atoms. The second-order valence-corrected chi connectivity index (χ2v) is 11.2. The Morgan fingerprint density at radius 3 is 2.35 bits per heavy atom. The Bertz CT molecular complexity index is 1550. The third-order valence-corrected chi connectivity index (χ3v) is 7.33. The first kappa shape index (κ1) is 39.5. The number of amidine groups is 1. The van der Waals surface area contributed by atoms with Gasteiger partial charge in [0.15, 0.2) is 12.6 Å². The summed E-state index contributed by atoms with van der Waals surface area (Å²) in [5, 5.41) is 21.4. The van der Waals surface area contributed by atoms with Gasteiger partial charge in [-0.1, -0.05) is 87.9 Å². The van der Waals surface area contributed by atoms with Gasteiger partial charge in [-0.25, -0.2) is 10.6 Å². The minimum atomic E-state index is -1.06. The molecule has 5 N–H and O–H groups in total. The van der Waals surface area contributed by atoms with Crippen LogP contribution < -0.4 is 16.3 Å².